The summed E-state index contributed by atoms with van der Waals surface area (Å²) in [6.45, 7) is 3.87. The Morgan fingerprint density at radius 2 is 1.92 bits per heavy atom. The zero-order valence-corrected chi connectivity index (χ0v) is 7.60. The van der Waals surface area contributed by atoms with E-state index in [1.165, 1.54) is 0 Å². The molecule has 1 N–H and O–H groups in total. The summed E-state index contributed by atoms with van der Waals surface area (Å²) in [6, 6.07) is 0.115. The molecular formula is C8H15NO3. The van der Waals surface area contributed by atoms with Crippen LogP contribution in [0, 0.1) is 0 Å². The second-order valence-corrected chi connectivity index (χ2v) is 3.64. The fourth-order valence-electron chi connectivity index (χ4n) is 2.02. The van der Waals surface area contributed by atoms with Crippen LogP contribution in [0.1, 0.15) is 13.8 Å². The lowest BCUT2D eigenvalue weighted by atomic mass is 9.91. The Morgan fingerprint density at radius 3 is 2.50 bits per heavy atom. The van der Waals surface area contributed by atoms with Gasteiger partial charge in [0.05, 0.1) is 18.2 Å². The molecule has 4 heteroatoms. The van der Waals surface area contributed by atoms with Crippen LogP contribution in [0.4, 0.5) is 0 Å². The van der Waals surface area contributed by atoms with Gasteiger partial charge in [0.15, 0.2) is 0 Å². The molecule has 2 aliphatic heterocycles. The van der Waals surface area contributed by atoms with Crippen molar-refractivity contribution in [3.63, 3.8) is 0 Å². The molecule has 4 nitrogen and oxygen atoms in total. The number of fused-ring (bicyclic) bond motifs is 1. The van der Waals surface area contributed by atoms with Gasteiger partial charge in [-0.2, -0.15) is 5.06 Å². The van der Waals surface area contributed by atoms with Crippen LogP contribution in [-0.4, -0.2) is 47.7 Å². The molecule has 0 aromatic carbocycles. The van der Waals surface area contributed by atoms with Crippen molar-refractivity contribution in [1.29, 1.82) is 0 Å². The number of ether oxygens (including phenoxy) is 1. The third-order valence-electron chi connectivity index (χ3n) is 2.77. The quantitative estimate of drug-likeness (QED) is 0.549. The van der Waals surface area contributed by atoms with Gasteiger partial charge in [0, 0.05) is 7.05 Å². The van der Waals surface area contributed by atoms with Crippen LogP contribution < -0.4 is 0 Å². The van der Waals surface area contributed by atoms with E-state index in [-0.39, 0.29) is 24.4 Å². The summed E-state index contributed by atoms with van der Waals surface area (Å²) in [5.74, 6) is 0. The number of aliphatic hydroxyl groups is 1. The predicted molar refractivity (Wildman–Crippen MR) is 42.4 cm³/mol. The van der Waals surface area contributed by atoms with Gasteiger partial charge in [-0.05, 0) is 13.8 Å². The Kier molecular flexibility index (Phi) is 1.88. The van der Waals surface area contributed by atoms with Gasteiger partial charge in [-0.15, -0.1) is 0 Å². The van der Waals surface area contributed by atoms with E-state index in [4.69, 9.17) is 9.57 Å². The van der Waals surface area contributed by atoms with E-state index < -0.39 is 6.10 Å². The maximum absolute atomic E-state index is 9.71. The number of likely N-dealkylation sites (N-methyl/N-ethyl adjacent to an activating group) is 1. The van der Waals surface area contributed by atoms with Crippen molar-refractivity contribution in [3.05, 3.63) is 0 Å². The van der Waals surface area contributed by atoms with Crippen molar-refractivity contribution in [3.8, 4) is 0 Å². The molecule has 70 valence electrons. The van der Waals surface area contributed by atoms with E-state index in [9.17, 15) is 5.11 Å². The van der Waals surface area contributed by atoms with Gasteiger partial charge >= 0.3 is 0 Å². The summed E-state index contributed by atoms with van der Waals surface area (Å²) in [6.07, 6.45) is -0.386. The minimum Gasteiger partial charge on any atom is -0.389 e. The highest BCUT2D eigenvalue weighted by Crippen LogP contribution is 2.33. The number of hydrogen-bond donors (Lipinski definition) is 1. The average molecular weight is 173 g/mol. The molecule has 0 aromatic heterocycles. The smallest absolute Gasteiger partial charge is 0.125 e. The number of rotatable bonds is 0. The van der Waals surface area contributed by atoms with E-state index in [1.54, 1.807) is 5.06 Å². The lowest BCUT2D eigenvalue weighted by Gasteiger charge is -2.54. The Labute approximate surface area is 72.0 Å². The molecule has 0 amide bonds. The van der Waals surface area contributed by atoms with Crippen molar-refractivity contribution >= 4 is 0 Å². The molecule has 2 rings (SSSR count). The van der Waals surface area contributed by atoms with Crippen LogP contribution in [0.2, 0.25) is 0 Å². The Bertz CT molecular complexity index is 177. The minimum absolute atomic E-state index is 0.0428. The largest absolute Gasteiger partial charge is 0.389 e. The minimum atomic E-state index is -0.426. The number of hydroxylamine groups is 2. The van der Waals surface area contributed by atoms with Crippen LogP contribution in [0.5, 0.6) is 0 Å². The van der Waals surface area contributed by atoms with E-state index in [0.717, 1.165) is 0 Å². The van der Waals surface area contributed by atoms with E-state index in [0.29, 0.717) is 0 Å². The van der Waals surface area contributed by atoms with Crippen molar-refractivity contribution in [1.82, 2.24) is 5.06 Å². The first-order chi connectivity index (χ1) is 5.61. The monoisotopic (exact) mass is 173 g/mol. The van der Waals surface area contributed by atoms with Gasteiger partial charge in [-0.25, -0.2) is 0 Å². The van der Waals surface area contributed by atoms with Gasteiger partial charge in [0.25, 0.3) is 0 Å². The predicted octanol–water partition coefficient (Wildman–Crippen LogP) is -0.231. The average Bonchev–Trinajstić information content (AvgIpc) is 1.97. The van der Waals surface area contributed by atoms with E-state index in [1.807, 2.05) is 20.9 Å². The van der Waals surface area contributed by atoms with Gasteiger partial charge in [-0.1, -0.05) is 0 Å². The number of aliphatic hydroxyl groups excluding tert-OH is 1. The SMILES string of the molecule is CC1OC(C)C2ON(C)C2C1O. The van der Waals surface area contributed by atoms with Crippen molar-refractivity contribution < 1.29 is 14.7 Å². The second-order valence-electron chi connectivity index (χ2n) is 3.64. The van der Waals surface area contributed by atoms with E-state index in [2.05, 4.69) is 0 Å². The molecule has 5 unspecified atom stereocenters. The van der Waals surface area contributed by atoms with Gasteiger partial charge in [-0.3, -0.25) is 4.84 Å². The molecule has 2 fully saturated rings. The van der Waals surface area contributed by atoms with Gasteiger partial charge in [0.2, 0.25) is 0 Å². The zero-order valence-electron chi connectivity index (χ0n) is 7.60. The third-order valence-corrected chi connectivity index (χ3v) is 2.77. The van der Waals surface area contributed by atoms with Crippen LogP contribution >= 0.6 is 0 Å². The Balaban J connectivity index is 2.10. The third kappa shape index (κ3) is 0.992. The highest BCUT2D eigenvalue weighted by atomic mass is 16.7. The van der Waals surface area contributed by atoms with Crippen molar-refractivity contribution in [2.24, 2.45) is 0 Å². The topological polar surface area (TPSA) is 41.9 Å². The molecule has 0 aromatic rings. The van der Waals surface area contributed by atoms with Crippen LogP contribution in [0.25, 0.3) is 0 Å². The zero-order chi connectivity index (χ0) is 8.88. The summed E-state index contributed by atoms with van der Waals surface area (Å²) in [7, 11) is 1.84. The highest BCUT2D eigenvalue weighted by Gasteiger charge is 2.52. The fourth-order valence-corrected chi connectivity index (χ4v) is 2.02. The van der Waals surface area contributed by atoms with Crippen LogP contribution in [0.3, 0.4) is 0 Å². The molecule has 2 heterocycles. The van der Waals surface area contributed by atoms with Crippen LogP contribution in [0.15, 0.2) is 0 Å². The summed E-state index contributed by atoms with van der Waals surface area (Å²) in [5.41, 5.74) is 0. The molecule has 0 aliphatic carbocycles. The molecule has 2 saturated heterocycles. The molecule has 0 spiro atoms. The Hall–Kier alpha value is -0.160. The van der Waals surface area contributed by atoms with Gasteiger partial charge < -0.3 is 9.84 Å². The second kappa shape index (κ2) is 2.67. The first-order valence-electron chi connectivity index (χ1n) is 4.34. The van der Waals surface area contributed by atoms with Crippen molar-refractivity contribution in [2.75, 3.05) is 7.05 Å². The standard InChI is InChI=1S/C8H15NO3/c1-4-7(10)6-8(5(2)11-4)12-9(6)3/h4-8,10H,1-3H3. The lowest BCUT2D eigenvalue weighted by molar-refractivity contribution is -0.393. The van der Waals surface area contributed by atoms with Crippen LogP contribution in [-0.2, 0) is 9.57 Å². The molecule has 5 atom stereocenters. The van der Waals surface area contributed by atoms with E-state index >= 15 is 0 Å². The van der Waals surface area contributed by atoms with Gasteiger partial charge in [0.1, 0.15) is 12.2 Å². The fraction of sp³-hybridized carbons (Fsp3) is 1.00. The number of hydrogen-bond acceptors (Lipinski definition) is 4. The molecular weight excluding hydrogens is 158 g/mol. The molecule has 0 saturated carbocycles. The molecule has 0 bridgehead atoms. The molecule has 12 heavy (non-hydrogen) atoms. The molecule has 0 radical (unpaired) electrons. The maximum atomic E-state index is 9.71. The maximum Gasteiger partial charge on any atom is 0.125 e. The summed E-state index contributed by atoms with van der Waals surface area (Å²) < 4.78 is 5.48. The lowest BCUT2D eigenvalue weighted by Crippen LogP contribution is -2.71. The Morgan fingerprint density at radius 1 is 1.25 bits per heavy atom. The summed E-state index contributed by atoms with van der Waals surface area (Å²) in [4.78, 5) is 5.32. The first kappa shape index (κ1) is 8.44. The molecule has 2 aliphatic rings. The van der Waals surface area contributed by atoms with Crippen molar-refractivity contribution in [2.45, 2.75) is 44.3 Å². The summed E-state index contributed by atoms with van der Waals surface area (Å²) >= 11 is 0. The summed E-state index contributed by atoms with van der Waals surface area (Å²) in [5, 5.41) is 11.4. The first-order valence-corrected chi connectivity index (χ1v) is 4.34. The number of nitrogens with zero attached hydrogens (tertiary/aromatic N) is 1. The highest BCUT2D eigenvalue weighted by molar-refractivity contribution is 4.98. The normalized spacial score (nSPS) is 54.5.